The van der Waals surface area contributed by atoms with Gasteiger partial charge in [-0.05, 0) is 93.7 Å². The normalized spacial score (nSPS) is 23.3. The predicted molar refractivity (Wildman–Crippen MR) is 129 cm³/mol. The Morgan fingerprint density at radius 2 is 1.76 bits per heavy atom. The molecule has 4 rings (SSSR count). The number of halogens is 1. The zero-order valence-corrected chi connectivity index (χ0v) is 19.4. The molecule has 0 radical (unpaired) electrons. The first-order chi connectivity index (χ1) is 16.0. The molecule has 1 heterocycles. The number of benzene rings is 2. The first-order valence-corrected chi connectivity index (χ1v) is 12.1. The highest BCUT2D eigenvalue weighted by atomic mass is 19.1. The summed E-state index contributed by atoms with van der Waals surface area (Å²) in [4.78, 5) is 26.4. The number of nitrogens with one attached hydrogen (secondary N) is 2. The number of ketones is 1. The Labute approximate surface area is 195 Å². The Morgan fingerprint density at radius 1 is 1.00 bits per heavy atom. The van der Waals surface area contributed by atoms with Gasteiger partial charge < -0.3 is 15.5 Å². The maximum atomic E-state index is 13.1. The van der Waals surface area contributed by atoms with E-state index >= 15 is 0 Å². The van der Waals surface area contributed by atoms with Crippen LogP contribution in [0.5, 0.6) is 0 Å². The van der Waals surface area contributed by atoms with E-state index in [0.717, 1.165) is 25.9 Å². The Kier molecular flexibility index (Phi) is 7.76. The molecular weight excluding hydrogens is 417 g/mol. The van der Waals surface area contributed by atoms with Gasteiger partial charge in [0, 0.05) is 30.4 Å². The van der Waals surface area contributed by atoms with Crippen LogP contribution >= 0.6 is 0 Å². The third-order valence-electron chi connectivity index (χ3n) is 7.17. The smallest absolute Gasteiger partial charge is 0.319 e. The predicted octanol–water partition coefficient (Wildman–Crippen LogP) is 5.27. The molecule has 1 atom stereocenters. The van der Waals surface area contributed by atoms with Crippen molar-refractivity contribution in [2.24, 2.45) is 11.8 Å². The summed E-state index contributed by atoms with van der Waals surface area (Å²) in [6.45, 7) is 4.31. The lowest BCUT2D eigenvalue weighted by Gasteiger charge is -2.35. The minimum atomic E-state index is -0.226. The minimum Gasteiger partial charge on any atom is -0.338 e. The summed E-state index contributed by atoms with van der Waals surface area (Å²) in [5.41, 5.74) is 2.45. The van der Waals surface area contributed by atoms with Crippen LogP contribution in [0, 0.1) is 17.7 Å². The number of nitrogens with zero attached hydrogens (tertiary/aromatic N) is 1. The van der Waals surface area contributed by atoms with Gasteiger partial charge in [-0.2, -0.15) is 0 Å². The maximum absolute atomic E-state index is 13.1. The number of carbonyl (C=O) groups excluding carboxylic acids is 2. The summed E-state index contributed by atoms with van der Waals surface area (Å²) < 4.78 is 13.1. The van der Waals surface area contributed by atoms with E-state index < -0.39 is 0 Å². The molecule has 5 nitrogen and oxygen atoms in total. The second-order valence-corrected chi connectivity index (χ2v) is 9.63. The van der Waals surface area contributed by atoms with Gasteiger partial charge >= 0.3 is 6.03 Å². The van der Waals surface area contributed by atoms with Gasteiger partial charge in [-0.3, -0.25) is 4.79 Å². The molecule has 1 aliphatic carbocycles. The standard InChI is InChI=1S/C27H34FN3O2/c1-19(32)23-3-2-4-25(16-23)30-27(33)29-17-22-13-14-31(18-22)26-11-7-21(8-12-26)15-20-5-9-24(28)10-6-20/h2-6,9-10,16,21-22,26H,7-8,11-15,17-18H2,1H3,(H2,29,30,33)/t21?,22-,26?/m0/s1. The third kappa shape index (κ3) is 6.64. The first kappa shape index (κ1) is 23.4. The van der Waals surface area contributed by atoms with Crippen LogP contribution in [0.3, 0.4) is 0 Å². The molecule has 2 aromatic carbocycles. The van der Waals surface area contributed by atoms with Crippen LogP contribution in [-0.2, 0) is 6.42 Å². The van der Waals surface area contributed by atoms with E-state index in [4.69, 9.17) is 0 Å². The first-order valence-electron chi connectivity index (χ1n) is 12.1. The number of hydrogen-bond acceptors (Lipinski definition) is 3. The lowest BCUT2D eigenvalue weighted by atomic mass is 9.82. The monoisotopic (exact) mass is 451 g/mol. The van der Waals surface area contributed by atoms with Crippen LogP contribution in [0.1, 0.15) is 54.9 Å². The van der Waals surface area contributed by atoms with Crippen LogP contribution < -0.4 is 10.6 Å². The summed E-state index contributed by atoms with van der Waals surface area (Å²) in [7, 11) is 0. The number of rotatable bonds is 7. The van der Waals surface area contributed by atoms with Crippen molar-refractivity contribution in [3.8, 4) is 0 Å². The number of anilines is 1. The Morgan fingerprint density at radius 3 is 2.48 bits per heavy atom. The summed E-state index contributed by atoms with van der Waals surface area (Å²) in [5.74, 6) is 0.975. The van der Waals surface area contributed by atoms with E-state index in [1.165, 1.54) is 38.2 Å². The van der Waals surface area contributed by atoms with Gasteiger partial charge in [-0.25, -0.2) is 9.18 Å². The van der Waals surface area contributed by atoms with E-state index in [1.54, 1.807) is 36.4 Å². The Balaban J connectivity index is 1.16. The van der Waals surface area contributed by atoms with Crippen molar-refractivity contribution in [1.29, 1.82) is 0 Å². The quantitative estimate of drug-likeness (QED) is 0.564. The highest BCUT2D eigenvalue weighted by molar-refractivity contribution is 5.96. The second kappa shape index (κ2) is 10.9. The van der Waals surface area contributed by atoms with E-state index in [9.17, 15) is 14.0 Å². The van der Waals surface area contributed by atoms with E-state index in [-0.39, 0.29) is 17.6 Å². The van der Waals surface area contributed by atoms with Crippen molar-refractivity contribution in [2.75, 3.05) is 25.0 Å². The molecule has 2 fully saturated rings. The fourth-order valence-electron chi connectivity index (χ4n) is 5.26. The summed E-state index contributed by atoms with van der Waals surface area (Å²) in [6.07, 6.45) is 7.05. The third-order valence-corrected chi connectivity index (χ3v) is 7.17. The lowest BCUT2D eigenvalue weighted by Crippen LogP contribution is -2.38. The van der Waals surface area contributed by atoms with Gasteiger partial charge in [0.15, 0.2) is 5.78 Å². The van der Waals surface area contributed by atoms with Crippen molar-refractivity contribution in [3.63, 3.8) is 0 Å². The molecule has 1 aliphatic heterocycles. The van der Waals surface area contributed by atoms with Crippen LogP contribution in [0.25, 0.3) is 0 Å². The van der Waals surface area contributed by atoms with E-state index in [1.807, 2.05) is 12.1 Å². The molecular formula is C27H34FN3O2. The van der Waals surface area contributed by atoms with Crippen molar-refractivity contribution >= 4 is 17.5 Å². The van der Waals surface area contributed by atoms with Crippen molar-refractivity contribution in [2.45, 2.75) is 51.5 Å². The number of urea groups is 1. The minimum absolute atomic E-state index is 0.0189. The van der Waals surface area contributed by atoms with Gasteiger partial charge in [-0.1, -0.05) is 24.3 Å². The van der Waals surface area contributed by atoms with Crippen LogP contribution in [0.2, 0.25) is 0 Å². The molecule has 0 aromatic heterocycles. The molecule has 2 N–H and O–H groups in total. The van der Waals surface area contributed by atoms with E-state index in [2.05, 4.69) is 15.5 Å². The fourth-order valence-corrected chi connectivity index (χ4v) is 5.26. The topological polar surface area (TPSA) is 61.4 Å². The SMILES string of the molecule is CC(=O)c1cccc(NC(=O)NC[C@@H]2CCN(C3CCC(Cc4ccc(F)cc4)CC3)C2)c1. The molecule has 2 aromatic rings. The van der Waals surface area contributed by atoms with Crippen molar-refractivity contribution in [1.82, 2.24) is 10.2 Å². The second-order valence-electron chi connectivity index (χ2n) is 9.63. The number of amides is 2. The molecule has 6 heteroatoms. The number of Topliss-reactive ketones (excluding diaryl/α,β-unsaturated/α-hetero) is 1. The highest BCUT2D eigenvalue weighted by Gasteiger charge is 2.31. The summed E-state index contributed by atoms with van der Waals surface area (Å²) in [5, 5.41) is 5.82. The highest BCUT2D eigenvalue weighted by Crippen LogP contribution is 2.32. The zero-order chi connectivity index (χ0) is 23.2. The van der Waals surface area contributed by atoms with Crippen molar-refractivity contribution in [3.05, 3.63) is 65.5 Å². The van der Waals surface area contributed by atoms with Crippen LogP contribution in [-0.4, -0.2) is 42.4 Å². The molecule has 0 spiro atoms. The number of hydrogen-bond donors (Lipinski definition) is 2. The van der Waals surface area contributed by atoms with Gasteiger partial charge in [0.2, 0.25) is 0 Å². The average Bonchev–Trinajstić information content (AvgIpc) is 3.29. The fraction of sp³-hybridized carbons (Fsp3) is 0.481. The number of carbonyl (C=O) groups is 2. The van der Waals surface area contributed by atoms with Crippen LogP contribution in [0.15, 0.2) is 48.5 Å². The molecule has 1 saturated carbocycles. The maximum Gasteiger partial charge on any atom is 0.319 e. The summed E-state index contributed by atoms with van der Waals surface area (Å²) >= 11 is 0. The lowest BCUT2D eigenvalue weighted by molar-refractivity contribution is 0.101. The number of likely N-dealkylation sites (tertiary alicyclic amines) is 1. The van der Waals surface area contributed by atoms with Gasteiger partial charge in [-0.15, -0.1) is 0 Å². The molecule has 0 unspecified atom stereocenters. The molecule has 1 saturated heterocycles. The molecule has 2 aliphatic rings. The largest absolute Gasteiger partial charge is 0.338 e. The van der Waals surface area contributed by atoms with Gasteiger partial charge in [0.05, 0.1) is 0 Å². The van der Waals surface area contributed by atoms with Crippen LogP contribution in [0.4, 0.5) is 14.9 Å². The summed E-state index contributed by atoms with van der Waals surface area (Å²) in [6, 6.07) is 14.4. The van der Waals surface area contributed by atoms with Gasteiger partial charge in [0.1, 0.15) is 5.82 Å². The molecule has 33 heavy (non-hydrogen) atoms. The van der Waals surface area contributed by atoms with Crippen molar-refractivity contribution < 1.29 is 14.0 Å². The van der Waals surface area contributed by atoms with E-state index in [0.29, 0.717) is 35.7 Å². The average molecular weight is 452 g/mol. The Hall–Kier alpha value is -2.73. The zero-order valence-electron chi connectivity index (χ0n) is 19.4. The Bertz CT molecular complexity index is 954. The molecule has 176 valence electrons. The van der Waals surface area contributed by atoms with Gasteiger partial charge in [0.25, 0.3) is 0 Å². The molecule has 2 amide bonds. The molecule has 0 bridgehead atoms.